The van der Waals surface area contributed by atoms with Crippen LogP contribution in [0.15, 0.2) is 77.7 Å². The van der Waals surface area contributed by atoms with Crippen LogP contribution in [0, 0.1) is 12.7 Å². The standard InChI is InChI=1S/C29H17F4N3O4S3/c1-14-2-10-22-24(25(14)43(38,39)40)42-28(36-22)16-5-11-21-23(12-16)41-27(35-21)15-3-7-18(8-4-15)34-26(37)19-13-17(29(31,32)33)6-9-20(19)30/h2-13H,1H3,(H,34,37)(H,38,39,40). The number of aryl methyl sites for hydroxylation is 1. The molecule has 2 heterocycles. The normalized spacial score (nSPS) is 12.2. The summed E-state index contributed by atoms with van der Waals surface area (Å²) in [4.78, 5) is 21.6. The predicted octanol–water partition coefficient (Wildman–Crippen LogP) is 8.21. The van der Waals surface area contributed by atoms with Gasteiger partial charge in [0.1, 0.15) is 20.7 Å². The lowest BCUT2D eigenvalue weighted by Gasteiger charge is -2.10. The molecule has 2 aromatic heterocycles. The summed E-state index contributed by atoms with van der Waals surface area (Å²) < 4.78 is 88.0. The molecular weight excluding hydrogens is 627 g/mol. The van der Waals surface area contributed by atoms with Crippen LogP contribution >= 0.6 is 22.7 Å². The number of halogens is 4. The minimum atomic E-state index is -4.72. The number of anilines is 1. The summed E-state index contributed by atoms with van der Waals surface area (Å²) in [6, 6.07) is 16.8. The van der Waals surface area contributed by atoms with E-state index in [1.807, 2.05) is 18.2 Å². The average Bonchev–Trinajstić information content (AvgIpc) is 3.56. The Kier molecular flexibility index (Phi) is 7.04. The number of nitrogens with zero attached hydrogens (tertiary/aromatic N) is 2. The Labute approximate surface area is 249 Å². The second-order valence-corrected chi connectivity index (χ2v) is 12.9. The number of alkyl halides is 3. The van der Waals surface area contributed by atoms with E-state index in [1.165, 1.54) is 23.5 Å². The van der Waals surface area contributed by atoms with Crippen molar-refractivity contribution < 1.29 is 35.3 Å². The first-order chi connectivity index (χ1) is 20.3. The number of carbonyl (C=O) groups excluding carboxylic acids is 1. The first kappa shape index (κ1) is 28.9. The highest BCUT2D eigenvalue weighted by atomic mass is 32.2. The summed E-state index contributed by atoms with van der Waals surface area (Å²) in [5.41, 5.74) is 1.42. The summed E-state index contributed by atoms with van der Waals surface area (Å²) in [6.45, 7) is 1.60. The van der Waals surface area contributed by atoms with Gasteiger partial charge in [-0.05, 0) is 79.2 Å². The fraction of sp³-hybridized carbons (Fsp3) is 0.0690. The number of fused-ring (bicyclic) bond motifs is 2. The molecule has 0 aliphatic carbocycles. The van der Waals surface area contributed by atoms with Gasteiger partial charge >= 0.3 is 6.18 Å². The number of hydrogen-bond acceptors (Lipinski definition) is 7. The van der Waals surface area contributed by atoms with Crippen LogP contribution in [-0.4, -0.2) is 28.8 Å². The van der Waals surface area contributed by atoms with Crippen LogP contribution in [0.25, 0.3) is 41.6 Å². The third-order valence-corrected chi connectivity index (χ3v) is 9.91. The maximum atomic E-state index is 14.1. The van der Waals surface area contributed by atoms with Gasteiger partial charge < -0.3 is 5.32 Å². The Morgan fingerprint density at radius 2 is 1.51 bits per heavy atom. The van der Waals surface area contributed by atoms with E-state index in [0.717, 1.165) is 21.6 Å². The number of nitrogens with one attached hydrogen (secondary N) is 1. The summed E-state index contributed by atoms with van der Waals surface area (Å²) >= 11 is 2.54. The maximum Gasteiger partial charge on any atom is 0.416 e. The van der Waals surface area contributed by atoms with Crippen LogP contribution < -0.4 is 5.32 Å². The highest BCUT2D eigenvalue weighted by Gasteiger charge is 2.32. The van der Waals surface area contributed by atoms with Gasteiger partial charge in [0.15, 0.2) is 0 Å². The molecule has 1 amide bonds. The van der Waals surface area contributed by atoms with Crippen LogP contribution in [-0.2, 0) is 16.3 Å². The van der Waals surface area contributed by atoms with Crippen molar-refractivity contribution in [3.05, 3.63) is 95.3 Å². The smallest absolute Gasteiger partial charge is 0.322 e. The number of thiazole rings is 2. The monoisotopic (exact) mass is 643 g/mol. The molecule has 7 nitrogen and oxygen atoms in total. The molecule has 43 heavy (non-hydrogen) atoms. The Bertz CT molecular complexity index is 2170. The molecule has 0 aliphatic heterocycles. The van der Waals surface area contributed by atoms with E-state index < -0.39 is 39.1 Å². The van der Waals surface area contributed by atoms with E-state index in [2.05, 4.69) is 15.3 Å². The number of carbonyl (C=O) groups is 1. The SMILES string of the molecule is Cc1ccc2nc(-c3ccc4nc(-c5ccc(NC(=O)c6cc(C(F)(F)F)ccc6F)cc5)sc4c3)sc2c1S(=O)(=O)O. The highest BCUT2D eigenvalue weighted by molar-refractivity contribution is 7.86. The van der Waals surface area contributed by atoms with Crippen molar-refractivity contribution in [1.82, 2.24) is 9.97 Å². The highest BCUT2D eigenvalue weighted by Crippen LogP contribution is 2.38. The molecule has 0 aliphatic rings. The predicted molar refractivity (Wildman–Crippen MR) is 158 cm³/mol. The van der Waals surface area contributed by atoms with Crippen LogP contribution in [0.2, 0.25) is 0 Å². The molecule has 14 heteroatoms. The molecule has 6 rings (SSSR count). The van der Waals surface area contributed by atoms with E-state index in [-0.39, 0.29) is 10.6 Å². The average molecular weight is 644 g/mol. The molecular formula is C29H17F4N3O4S3. The summed E-state index contributed by atoms with van der Waals surface area (Å²) in [6.07, 6.45) is -4.72. The van der Waals surface area contributed by atoms with Crippen LogP contribution in [0.3, 0.4) is 0 Å². The Morgan fingerprint density at radius 3 is 2.21 bits per heavy atom. The van der Waals surface area contributed by atoms with E-state index in [4.69, 9.17) is 0 Å². The summed E-state index contributed by atoms with van der Waals surface area (Å²) in [5.74, 6) is -2.09. The zero-order valence-electron chi connectivity index (χ0n) is 21.7. The third kappa shape index (κ3) is 5.61. The molecule has 0 spiro atoms. The van der Waals surface area contributed by atoms with Gasteiger partial charge in [0.25, 0.3) is 16.0 Å². The number of hydrogen-bond donors (Lipinski definition) is 2. The third-order valence-electron chi connectivity index (χ3n) is 6.53. The van der Waals surface area contributed by atoms with Crippen LogP contribution in [0.1, 0.15) is 21.5 Å². The minimum absolute atomic E-state index is 0.158. The molecule has 0 fully saturated rings. The van der Waals surface area contributed by atoms with E-state index >= 15 is 0 Å². The van der Waals surface area contributed by atoms with Crippen molar-refractivity contribution in [2.75, 3.05) is 5.32 Å². The Morgan fingerprint density at radius 1 is 0.860 bits per heavy atom. The fourth-order valence-corrected chi connectivity index (χ4v) is 7.78. The largest absolute Gasteiger partial charge is 0.416 e. The summed E-state index contributed by atoms with van der Waals surface area (Å²) in [7, 11) is -4.44. The lowest BCUT2D eigenvalue weighted by molar-refractivity contribution is -0.137. The second-order valence-electron chi connectivity index (χ2n) is 9.48. The van der Waals surface area contributed by atoms with Crippen molar-refractivity contribution >= 4 is 64.8 Å². The first-order valence-electron chi connectivity index (χ1n) is 12.3. The van der Waals surface area contributed by atoms with Crippen molar-refractivity contribution in [1.29, 1.82) is 0 Å². The summed E-state index contributed by atoms with van der Waals surface area (Å²) in [5, 5.41) is 3.64. The Balaban J connectivity index is 1.25. The molecule has 4 aromatic carbocycles. The molecule has 2 N–H and O–H groups in total. The first-order valence-corrected chi connectivity index (χ1v) is 15.4. The lowest BCUT2D eigenvalue weighted by atomic mass is 10.1. The molecule has 6 aromatic rings. The molecule has 0 atom stereocenters. The van der Waals surface area contributed by atoms with Crippen molar-refractivity contribution in [2.45, 2.75) is 18.0 Å². The van der Waals surface area contributed by atoms with Gasteiger partial charge in [0.05, 0.1) is 31.6 Å². The van der Waals surface area contributed by atoms with Crippen LogP contribution in [0.5, 0.6) is 0 Å². The number of amides is 1. The molecule has 0 saturated carbocycles. The molecule has 0 saturated heterocycles. The van der Waals surface area contributed by atoms with Gasteiger partial charge in [-0.25, -0.2) is 14.4 Å². The molecule has 0 unspecified atom stereocenters. The van der Waals surface area contributed by atoms with Gasteiger partial charge in [-0.2, -0.15) is 21.6 Å². The second kappa shape index (κ2) is 10.5. The fourth-order valence-electron chi connectivity index (χ4n) is 4.46. The van der Waals surface area contributed by atoms with Gasteiger partial charge in [-0.15, -0.1) is 22.7 Å². The van der Waals surface area contributed by atoms with Crippen LogP contribution in [0.4, 0.5) is 23.2 Å². The molecule has 218 valence electrons. The van der Waals surface area contributed by atoms with Gasteiger partial charge in [-0.3, -0.25) is 9.35 Å². The van der Waals surface area contributed by atoms with E-state index in [9.17, 15) is 35.3 Å². The minimum Gasteiger partial charge on any atom is -0.322 e. The van der Waals surface area contributed by atoms with Gasteiger partial charge in [-0.1, -0.05) is 6.07 Å². The lowest BCUT2D eigenvalue weighted by Crippen LogP contribution is -2.16. The zero-order chi connectivity index (χ0) is 30.7. The number of rotatable bonds is 5. The van der Waals surface area contributed by atoms with Gasteiger partial charge in [0.2, 0.25) is 0 Å². The number of aromatic nitrogens is 2. The van der Waals surface area contributed by atoms with Crippen molar-refractivity contribution in [2.24, 2.45) is 0 Å². The van der Waals surface area contributed by atoms with E-state index in [1.54, 1.807) is 31.2 Å². The number of benzene rings is 4. The molecule has 0 radical (unpaired) electrons. The topological polar surface area (TPSA) is 109 Å². The molecule has 0 bridgehead atoms. The Hall–Kier alpha value is -4.24. The van der Waals surface area contributed by atoms with Gasteiger partial charge in [0, 0.05) is 16.8 Å². The van der Waals surface area contributed by atoms with Crippen molar-refractivity contribution in [3.8, 4) is 21.1 Å². The zero-order valence-corrected chi connectivity index (χ0v) is 24.2. The van der Waals surface area contributed by atoms with Crippen molar-refractivity contribution in [3.63, 3.8) is 0 Å². The van der Waals surface area contributed by atoms with E-state index in [0.29, 0.717) is 55.1 Å². The quantitative estimate of drug-likeness (QED) is 0.145. The maximum absolute atomic E-state index is 14.1.